The summed E-state index contributed by atoms with van der Waals surface area (Å²) in [6, 6.07) is 0. The van der Waals surface area contributed by atoms with Gasteiger partial charge < -0.3 is 20.3 Å². The summed E-state index contributed by atoms with van der Waals surface area (Å²) in [6.07, 6.45) is 8.15. The van der Waals surface area contributed by atoms with E-state index in [0.29, 0.717) is 6.54 Å². The van der Waals surface area contributed by atoms with E-state index in [0.717, 1.165) is 12.8 Å². The van der Waals surface area contributed by atoms with Crippen molar-refractivity contribution in [1.29, 1.82) is 0 Å². The first-order chi connectivity index (χ1) is 10.9. The van der Waals surface area contributed by atoms with Crippen LogP contribution >= 0.6 is 0 Å². The number of carbonyl (C=O) groups excluding carboxylic acids is 1. The van der Waals surface area contributed by atoms with Gasteiger partial charge in [-0.05, 0) is 31.9 Å². The Morgan fingerprint density at radius 1 is 1.39 bits per heavy atom. The second kappa shape index (κ2) is 7.49. The molecule has 0 atom stereocenters. The Morgan fingerprint density at radius 3 is 2.57 bits per heavy atom. The average molecular weight is 324 g/mol. The van der Waals surface area contributed by atoms with Crippen LogP contribution in [0.25, 0.3) is 0 Å². The molecular formula is C14H24N6O3. The summed E-state index contributed by atoms with van der Waals surface area (Å²) in [5.41, 5.74) is -0.0134. The maximum atomic E-state index is 12.1. The summed E-state index contributed by atoms with van der Waals surface area (Å²) < 4.78 is 1.18. The maximum absolute atomic E-state index is 12.1. The first-order valence-electron chi connectivity index (χ1n) is 7.91. The molecule has 1 aromatic rings. The molecule has 0 spiro atoms. The summed E-state index contributed by atoms with van der Waals surface area (Å²) >= 11 is 0. The first kappa shape index (κ1) is 17.3. The highest BCUT2D eigenvalue weighted by atomic mass is 16.6. The van der Waals surface area contributed by atoms with Crippen molar-refractivity contribution in [2.24, 2.45) is 0 Å². The summed E-state index contributed by atoms with van der Waals surface area (Å²) in [5.74, 6) is -0.707. The number of aromatic nitrogens is 3. The van der Waals surface area contributed by atoms with Gasteiger partial charge in [0.05, 0.1) is 0 Å². The lowest BCUT2D eigenvalue weighted by atomic mass is 9.88. The van der Waals surface area contributed by atoms with Crippen molar-refractivity contribution < 1.29 is 9.72 Å². The number of nitro groups is 1. The summed E-state index contributed by atoms with van der Waals surface area (Å²) in [7, 11) is 4.11. The molecule has 2 rings (SSSR count). The molecule has 9 heteroatoms. The Bertz CT molecular complexity index is 548. The highest BCUT2D eigenvalue weighted by molar-refractivity contribution is 5.75. The zero-order chi connectivity index (χ0) is 16.9. The van der Waals surface area contributed by atoms with Crippen molar-refractivity contribution in [3.05, 3.63) is 16.4 Å². The maximum Gasteiger partial charge on any atom is 0.490 e. The van der Waals surface area contributed by atoms with Gasteiger partial charge in [0.2, 0.25) is 12.2 Å². The molecule has 1 aromatic heterocycles. The summed E-state index contributed by atoms with van der Waals surface area (Å²) in [5, 5.41) is 17.1. The number of amides is 1. The number of hydrogen-bond acceptors (Lipinski definition) is 6. The van der Waals surface area contributed by atoms with E-state index in [-0.39, 0.29) is 18.0 Å². The van der Waals surface area contributed by atoms with Crippen LogP contribution in [0.3, 0.4) is 0 Å². The van der Waals surface area contributed by atoms with Crippen LogP contribution in [-0.2, 0) is 11.3 Å². The van der Waals surface area contributed by atoms with Gasteiger partial charge in [0, 0.05) is 17.2 Å². The van der Waals surface area contributed by atoms with Crippen LogP contribution in [0.1, 0.15) is 38.5 Å². The van der Waals surface area contributed by atoms with Crippen LogP contribution in [0.2, 0.25) is 0 Å². The molecule has 9 nitrogen and oxygen atoms in total. The van der Waals surface area contributed by atoms with E-state index in [1.54, 1.807) is 0 Å². The zero-order valence-corrected chi connectivity index (χ0v) is 13.7. The highest BCUT2D eigenvalue weighted by Gasteiger charge is 2.33. The van der Waals surface area contributed by atoms with Crippen molar-refractivity contribution in [2.45, 2.75) is 50.6 Å². The van der Waals surface area contributed by atoms with Crippen molar-refractivity contribution in [3.63, 3.8) is 0 Å². The molecule has 0 aromatic carbocycles. The molecule has 1 saturated carbocycles. The standard InChI is InChI=1S/C14H24N6O3/c1-18(2)14(7-5-3-4-6-8-14)10-15-12(21)9-19-11-16-13(17-19)20(22)23/h11H,3-10H2,1-2H3,(H,15,21). The minimum Gasteiger partial charge on any atom is -0.390 e. The lowest BCUT2D eigenvalue weighted by Crippen LogP contribution is -2.52. The van der Waals surface area contributed by atoms with E-state index in [2.05, 4.69) is 34.4 Å². The van der Waals surface area contributed by atoms with Crippen molar-refractivity contribution in [2.75, 3.05) is 20.6 Å². The van der Waals surface area contributed by atoms with Crippen LogP contribution in [0.4, 0.5) is 5.95 Å². The molecule has 0 unspecified atom stereocenters. The van der Waals surface area contributed by atoms with Gasteiger partial charge in [-0.3, -0.25) is 4.79 Å². The number of nitrogens with one attached hydrogen (secondary N) is 1. The Kier molecular flexibility index (Phi) is 5.64. The van der Waals surface area contributed by atoms with E-state index in [9.17, 15) is 14.9 Å². The number of nitrogens with zero attached hydrogens (tertiary/aromatic N) is 5. The van der Waals surface area contributed by atoms with E-state index < -0.39 is 10.9 Å². The van der Waals surface area contributed by atoms with Gasteiger partial charge in [-0.2, -0.15) is 4.68 Å². The van der Waals surface area contributed by atoms with Gasteiger partial charge >= 0.3 is 5.95 Å². The minimum absolute atomic E-state index is 0.0134. The van der Waals surface area contributed by atoms with E-state index >= 15 is 0 Å². The van der Waals surface area contributed by atoms with Crippen LogP contribution in [0.5, 0.6) is 0 Å². The number of carbonyl (C=O) groups is 1. The Morgan fingerprint density at radius 2 is 2.04 bits per heavy atom. The number of rotatable bonds is 6. The van der Waals surface area contributed by atoms with Gasteiger partial charge in [0.25, 0.3) is 0 Å². The van der Waals surface area contributed by atoms with Crippen molar-refractivity contribution in [1.82, 2.24) is 25.0 Å². The normalized spacial score (nSPS) is 17.7. The van der Waals surface area contributed by atoms with Crippen LogP contribution in [0.15, 0.2) is 6.33 Å². The number of hydrogen-bond donors (Lipinski definition) is 1. The summed E-state index contributed by atoms with van der Waals surface area (Å²) in [6.45, 7) is 0.514. The predicted molar refractivity (Wildman–Crippen MR) is 83.8 cm³/mol. The molecule has 1 N–H and O–H groups in total. The van der Waals surface area contributed by atoms with Gasteiger partial charge in [0.1, 0.15) is 6.54 Å². The second-order valence-corrected chi connectivity index (χ2v) is 6.31. The SMILES string of the molecule is CN(C)C1(CNC(=O)Cn2cnc([N+](=O)[O-])n2)CCCCCC1. The third-order valence-electron chi connectivity index (χ3n) is 4.59. The highest BCUT2D eigenvalue weighted by Crippen LogP contribution is 2.30. The Hall–Kier alpha value is -2.03. The topological polar surface area (TPSA) is 106 Å². The van der Waals surface area contributed by atoms with Crippen LogP contribution in [-0.4, -0.2) is 56.7 Å². The van der Waals surface area contributed by atoms with Gasteiger partial charge in [-0.25, -0.2) is 0 Å². The molecule has 1 aliphatic rings. The largest absolute Gasteiger partial charge is 0.490 e. The Labute approximate surface area is 135 Å². The molecule has 1 fully saturated rings. The lowest BCUT2D eigenvalue weighted by Gasteiger charge is -2.39. The van der Waals surface area contributed by atoms with Crippen molar-refractivity contribution >= 4 is 11.9 Å². The molecule has 0 saturated heterocycles. The monoisotopic (exact) mass is 324 g/mol. The average Bonchev–Trinajstić information content (AvgIpc) is 2.82. The molecule has 0 aliphatic heterocycles. The molecule has 0 radical (unpaired) electrons. The predicted octanol–water partition coefficient (Wildman–Crippen LogP) is 0.957. The molecule has 1 amide bonds. The van der Waals surface area contributed by atoms with E-state index in [1.807, 2.05) is 0 Å². The quantitative estimate of drug-likeness (QED) is 0.474. The Balaban J connectivity index is 1.91. The lowest BCUT2D eigenvalue weighted by molar-refractivity contribution is -0.394. The van der Waals surface area contributed by atoms with Crippen LogP contribution < -0.4 is 5.32 Å². The fourth-order valence-electron chi connectivity index (χ4n) is 3.08. The third-order valence-corrected chi connectivity index (χ3v) is 4.59. The smallest absolute Gasteiger partial charge is 0.390 e. The number of likely N-dealkylation sites (N-methyl/N-ethyl adjacent to an activating group) is 1. The molecule has 1 heterocycles. The molecule has 128 valence electrons. The summed E-state index contributed by atoms with van der Waals surface area (Å²) in [4.78, 5) is 27.7. The molecule has 0 bridgehead atoms. The fourth-order valence-corrected chi connectivity index (χ4v) is 3.08. The molecule has 23 heavy (non-hydrogen) atoms. The second-order valence-electron chi connectivity index (χ2n) is 6.31. The molecule has 1 aliphatic carbocycles. The minimum atomic E-state index is -0.680. The zero-order valence-electron chi connectivity index (χ0n) is 13.7. The first-order valence-corrected chi connectivity index (χ1v) is 7.91. The van der Waals surface area contributed by atoms with E-state index in [4.69, 9.17) is 0 Å². The van der Waals surface area contributed by atoms with Crippen molar-refractivity contribution in [3.8, 4) is 0 Å². The molecular weight excluding hydrogens is 300 g/mol. The van der Waals surface area contributed by atoms with Crippen LogP contribution in [0, 0.1) is 10.1 Å². The van der Waals surface area contributed by atoms with Gasteiger partial charge in [0.15, 0.2) is 0 Å². The fraction of sp³-hybridized carbons (Fsp3) is 0.786. The van der Waals surface area contributed by atoms with E-state index in [1.165, 1.54) is 36.7 Å². The third kappa shape index (κ3) is 4.47. The van der Waals surface area contributed by atoms with Gasteiger partial charge in [-0.1, -0.05) is 30.7 Å². The van der Waals surface area contributed by atoms with Gasteiger partial charge in [-0.15, -0.1) is 0 Å².